The number of hydrogen-bond donors (Lipinski definition) is 0. The molecule has 0 N–H and O–H groups in total. The van der Waals surface area contributed by atoms with Gasteiger partial charge in [0.2, 0.25) is 0 Å². The molecule has 0 heterocycles. The molecular weight excluding hydrogens is 160 g/mol. The lowest BCUT2D eigenvalue weighted by atomic mass is 10.2. The zero-order valence-electron chi connectivity index (χ0n) is 8.49. The third kappa shape index (κ3) is 2.90. The molecule has 0 spiro atoms. The summed E-state index contributed by atoms with van der Waals surface area (Å²) in [7, 11) is 3.87. The van der Waals surface area contributed by atoms with Crippen molar-refractivity contribution in [2.75, 3.05) is 14.1 Å². The van der Waals surface area contributed by atoms with Crippen LogP contribution in [0.15, 0.2) is 35.3 Å². The second-order valence-corrected chi connectivity index (χ2v) is 3.11. The van der Waals surface area contributed by atoms with E-state index in [4.69, 9.17) is 0 Å². The minimum absolute atomic E-state index is 0.921. The number of hydrogen-bond acceptors (Lipinski definition) is 1. The summed E-state index contributed by atoms with van der Waals surface area (Å²) < 4.78 is 0. The minimum Gasteiger partial charge on any atom is -0.359 e. The van der Waals surface area contributed by atoms with Gasteiger partial charge in [-0.15, -0.1) is 0 Å². The second-order valence-electron chi connectivity index (χ2n) is 3.11. The Balaban J connectivity index is 2.60. The fourth-order valence-corrected chi connectivity index (χ4v) is 1.14. The number of amidine groups is 1. The van der Waals surface area contributed by atoms with E-state index in [0.29, 0.717) is 0 Å². The number of nitrogens with zero attached hydrogens (tertiary/aromatic N) is 2. The van der Waals surface area contributed by atoms with Crippen molar-refractivity contribution in [3.63, 3.8) is 0 Å². The van der Waals surface area contributed by atoms with Crippen LogP contribution in [0.25, 0.3) is 0 Å². The molecule has 0 aromatic heterocycles. The standard InChI is InChI=1S/C11H16N2/c1-10(12-2)13(3)9-11-7-5-4-6-8-11/h4-8H,9H2,1-3H3/b12-10+. The number of benzene rings is 1. The van der Waals surface area contributed by atoms with Gasteiger partial charge in [0.25, 0.3) is 0 Å². The Kier molecular flexibility index (Phi) is 3.50. The SMILES string of the molecule is C/N=C(\C)N(C)Cc1ccccc1. The summed E-state index contributed by atoms with van der Waals surface area (Å²) in [6, 6.07) is 10.4. The molecule has 2 heteroatoms. The summed E-state index contributed by atoms with van der Waals surface area (Å²) >= 11 is 0. The molecule has 1 aromatic rings. The molecule has 0 amide bonds. The maximum absolute atomic E-state index is 4.13. The van der Waals surface area contributed by atoms with Gasteiger partial charge in [-0.3, -0.25) is 4.99 Å². The first-order valence-electron chi connectivity index (χ1n) is 4.42. The molecule has 0 aliphatic carbocycles. The van der Waals surface area contributed by atoms with Crippen LogP contribution in [-0.2, 0) is 6.54 Å². The normalized spacial score (nSPS) is 11.5. The van der Waals surface area contributed by atoms with Gasteiger partial charge in [-0.1, -0.05) is 30.3 Å². The molecule has 0 atom stereocenters. The molecule has 0 saturated carbocycles. The van der Waals surface area contributed by atoms with E-state index in [1.165, 1.54) is 5.56 Å². The van der Waals surface area contributed by atoms with Crippen molar-refractivity contribution in [1.29, 1.82) is 0 Å². The molecule has 1 aromatic carbocycles. The van der Waals surface area contributed by atoms with E-state index in [-0.39, 0.29) is 0 Å². The monoisotopic (exact) mass is 176 g/mol. The van der Waals surface area contributed by atoms with E-state index >= 15 is 0 Å². The van der Waals surface area contributed by atoms with Gasteiger partial charge in [-0.2, -0.15) is 0 Å². The van der Waals surface area contributed by atoms with Gasteiger partial charge >= 0.3 is 0 Å². The fraction of sp³-hybridized carbons (Fsp3) is 0.364. The van der Waals surface area contributed by atoms with Gasteiger partial charge < -0.3 is 4.90 Å². The molecule has 0 radical (unpaired) electrons. The van der Waals surface area contributed by atoms with Crippen molar-refractivity contribution in [3.05, 3.63) is 35.9 Å². The second kappa shape index (κ2) is 4.65. The van der Waals surface area contributed by atoms with Crippen LogP contribution in [0.3, 0.4) is 0 Å². The maximum atomic E-state index is 4.13. The lowest BCUT2D eigenvalue weighted by Gasteiger charge is -2.18. The van der Waals surface area contributed by atoms with Gasteiger partial charge in [0.1, 0.15) is 0 Å². The number of rotatable bonds is 2. The van der Waals surface area contributed by atoms with Crippen molar-refractivity contribution in [2.45, 2.75) is 13.5 Å². The van der Waals surface area contributed by atoms with E-state index < -0.39 is 0 Å². The van der Waals surface area contributed by atoms with Crippen LogP contribution in [-0.4, -0.2) is 24.8 Å². The van der Waals surface area contributed by atoms with Gasteiger partial charge in [0, 0.05) is 20.6 Å². The van der Waals surface area contributed by atoms with Crippen LogP contribution in [0.1, 0.15) is 12.5 Å². The highest BCUT2D eigenvalue weighted by molar-refractivity contribution is 5.79. The topological polar surface area (TPSA) is 15.6 Å². The summed E-state index contributed by atoms with van der Waals surface area (Å²) in [5, 5.41) is 0. The summed E-state index contributed by atoms with van der Waals surface area (Å²) in [5.74, 6) is 1.06. The zero-order chi connectivity index (χ0) is 9.68. The molecule has 0 aliphatic rings. The smallest absolute Gasteiger partial charge is 0.0954 e. The lowest BCUT2D eigenvalue weighted by Crippen LogP contribution is -2.23. The summed E-state index contributed by atoms with van der Waals surface area (Å²) in [6.45, 7) is 2.94. The molecule has 0 saturated heterocycles. The Bertz CT molecular complexity index is 277. The van der Waals surface area contributed by atoms with E-state index in [0.717, 1.165) is 12.4 Å². The average Bonchev–Trinajstić information content (AvgIpc) is 2.18. The molecular formula is C11H16N2. The van der Waals surface area contributed by atoms with Crippen LogP contribution in [0.2, 0.25) is 0 Å². The van der Waals surface area contributed by atoms with Crippen molar-refractivity contribution < 1.29 is 0 Å². The van der Waals surface area contributed by atoms with Crippen LogP contribution in [0, 0.1) is 0 Å². The van der Waals surface area contributed by atoms with Gasteiger partial charge in [-0.25, -0.2) is 0 Å². The highest BCUT2D eigenvalue weighted by Gasteiger charge is 1.99. The van der Waals surface area contributed by atoms with E-state index in [2.05, 4.69) is 41.2 Å². The summed E-state index contributed by atoms with van der Waals surface area (Å²) in [4.78, 5) is 6.26. The van der Waals surface area contributed by atoms with Crippen molar-refractivity contribution in [2.24, 2.45) is 4.99 Å². The largest absolute Gasteiger partial charge is 0.359 e. The summed E-state index contributed by atoms with van der Waals surface area (Å²) in [5.41, 5.74) is 1.31. The zero-order valence-corrected chi connectivity index (χ0v) is 8.49. The molecule has 0 unspecified atom stereocenters. The average molecular weight is 176 g/mol. The first kappa shape index (κ1) is 9.78. The Hall–Kier alpha value is -1.31. The molecule has 1 rings (SSSR count). The molecule has 0 aliphatic heterocycles. The first-order chi connectivity index (χ1) is 6.24. The molecule has 13 heavy (non-hydrogen) atoms. The Morgan fingerprint density at radius 1 is 1.31 bits per heavy atom. The minimum atomic E-state index is 0.921. The third-order valence-corrected chi connectivity index (χ3v) is 2.14. The van der Waals surface area contributed by atoms with Gasteiger partial charge in [-0.05, 0) is 12.5 Å². The van der Waals surface area contributed by atoms with Gasteiger partial charge in [0.15, 0.2) is 0 Å². The molecule has 0 fully saturated rings. The van der Waals surface area contributed by atoms with E-state index in [1.807, 2.05) is 20.0 Å². The fourth-order valence-electron chi connectivity index (χ4n) is 1.14. The predicted octanol–water partition coefficient (Wildman–Crippen LogP) is 2.17. The highest BCUT2D eigenvalue weighted by atomic mass is 15.1. The Morgan fingerprint density at radius 2 is 1.92 bits per heavy atom. The van der Waals surface area contributed by atoms with Gasteiger partial charge in [0.05, 0.1) is 5.84 Å². The van der Waals surface area contributed by atoms with Crippen molar-refractivity contribution >= 4 is 5.84 Å². The molecule has 70 valence electrons. The summed E-state index contributed by atoms with van der Waals surface area (Å²) in [6.07, 6.45) is 0. The van der Waals surface area contributed by atoms with Crippen molar-refractivity contribution in [3.8, 4) is 0 Å². The molecule has 2 nitrogen and oxygen atoms in total. The van der Waals surface area contributed by atoms with Crippen LogP contribution >= 0.6 is 0 Å². The lowest BCUT2D eigenvalue weighted by molar-refractivity contribution is 0.497. The van der Waals surface area contributed by atoms with Crippen LogP contribution in [0.5, 0.6) is 0 Å². The quantitative estimate of drug-likeness (QED) is 0.498. The van der Waals surface area contributed by atoms with Crippen LogP contribution < -0.4 is 0 Å². The third-order valence-electron chi connectivity index (χ3n) is 2.14. The molecule has 0 bridgehead atoms. The number of aliphatic imine (C=N–C) groups is 1. The highest BCUT2D eigenvalue weighted by Crippen LogP contribution is 2.02. The van der Waals surface area contributed by atoms with E-state index in [1.54, 1.807) is 0 Å². The maximum Gasteiger partial charge on any atom is 0.0954 e. The Labute approximate surface area is 79.9 Å². The first-order valence-corrected chi connectivity index (χ1v) is 4.42. The van der Waals surface area contributed by atoms with Crippen molar-refractivity contribution in [1.82, 2.24) is 4.90 Å². The van der Waals surface area contributed by atoms with E-state index in [9.17, 15) is 0 Å². The van der Waals surface area contributed by atoms with Crippen LogP contribution in [0.4, 0.5) is 0 Å². The predicted molar refractivity (Wildman–Crippen MR) is 56.9 cm³/mol. The Morgan fingerprint density at radius 3 is 2.46 bits per heavy atom.